The second kappa shape index (κ2) is 8.32. The van der Waals surface area contributed by atoms with Crippen molar-refractivity contribution in [3.8, 4) is 0 Å². The number of amides is 1. The van der Waals surface area contributed by atoms with Gasteiger partial charge in [0.2, 0.25) is 5.91 Å². The van der Waals surface area contributed by atoms with E-state index < -0.39 is 5.97 Å². The Kier molecular flexibility index (Phi) is 6.39. The number of halogens is 1. The molecule has 1 aliphatic carbocycles. The van der Waals surface area contributed by atoms with Crippen LogP contribution >= 0.6 is 11.6 Å². The summed E-state index contributed by atoms with van der Waals surface area (Å²) >= 11 is 5.98. The van der Waals surface area contributed by atoms with Crippen LogP contribution in [0.3, 0.4) is 0 Å². The zero-order valence-electron chi connectivity index (χ0n) is 14.8. The summed E-state index contributed by atoms with van der Waals surface area (Å²) in [5.74, 6) is -0.669. The van der Waals surface area contributed by atoms with Crippen LogP contribution in [-0.2, 0) is 19.1 Å². The highest BCUT2D eigenvalue weighted by molar-refractivity contribution is 6.30. The first-order chi connectivity index (χ1) is 11.9. The number of hydrogen-bond acceptors (Lipinski definition) is 4. The molecule has 1 aromatic carbocycles. The topological polar surface area (TPSA) is 64.6 Å². The summed E-state index contributed by atoms with van der Waals surface area (Å²) in [5.41, 5.74) is 2.79. The second-order valence-electron chi connectivity index (χ2n) is 5.93. The van der Waals surface area contributed by atoms with Crippen molar-refractivity contribution in [3.63, 3.8) is 0 Å². The maximum atomic E-state index is 12.5. The highest BCUT2D eigenvalue weighted by Crippen LogP contribution is 2.37. The fraction of sp³-hybridized carbons (Fsp3) is 0.368. The van der Waals surface area contributed by atoms with Gasteiger partial charge in [-0.05, 0) is 28.8 Å². The predicted octanol–water partition coefficient (Wildman–Crippen LogP) is 2.99. The van der Waals surface area contributed by atoms with Crippen LogP contribution in [0.25, 0.3) is 5.57 Å². The first-order valence-corrected chi connectivity index (χ1v) is 8.32. The summed E-state index contributed by atoms with van der Waals surface area (Å²) in [7, 11) is 2.92. The number of hydrogen-bond donors (Lipinski definition) is 1. The van der Waals surface area contributed by atoms with Crippen LogP contribution in [0.5, 0.6) is 0 Å². The van der Waals surface area contributed by atoms with E-state index in [1.807, 2.05) is 25.1 Å². The minimum absolute atomic E-state index is 0.103. The smallest absolute Gasteiger partial charge is 0.338 e. The normalized spacial score (nSPS) is 20.1. The fourth-order valence-corrected chi connectivity index (χ4v) is 3.12. The summed E-state index contributed by atoms with van der Waals surface area (Å²) in [5, 5.41) is 3.53. The van der Waals surface area contributed by atoms with Gasteiger partial charge in [-0.1, -0.05) is 36.7 Å². The quantitative estimate of drug-likeness (QED) is 0.817. The molecule has 2 atom stereocenters. The Bertz CT molecular complexity index is 721. The summed E-state index contributed by atoms with van der Waals surface area (Å²) < 4.78 is 10.3. The van der Waals surface area contributed by atoms with Gasteiger partial charge >= 0.3 is 5.97 Å². The van der Waals surface area contributed by atoms with E-state index in [0.29, 0.717) is 16.2 Å². The molecule has 0 aromatic heterocycles. The van der Waals surface area contributed by atoms with E-state index in [4.69, 9.17) is 21.1 Å². The molecule has 134 valence electrons. The van der Waals surface area contributed by atoms with Gasteiger partial charge in [0.15, 0.2) is 0 Å². The molecule has 0 unspecified atom stereocenters. The predicted molar refractivity (Wildman–Crippen MR) is 97.1 cm³/mol. The number of benzene rings is 1. The maximum absolute atomic E-state index is 12.5. The SMILES string of the molecule is COCC1=C(C(=O)OC)C(c2ccc(Cl)cc2)=C[C@H](NC(C)=O)[C@@H]1C. The Morgan fingerprint density at radius 1 is 1.20 bits per heavy atom. The Balaban J connectivity index is 2.63. The molecule has 1 aliphatic rings. The summed E-state index contributed by atoms with van der Waals surface area (Å²) in [4.78, 5) is 24.1. The number of rotatable bonds is 5. The van der Waals surface area contributed by atoms with Crippen molar-refractivity contribution < 1.29 is 19.1 Å². The van der Waals surface area contributed by atoms with Crippen molar-refractivity contribution in [2.75, 3.05) is 20.8 Å². The minimum atomic E-state index is -0.429. The van der Waals surface area contributed by atoms with Crippen LogP contribution in [0, 0.1) is 5.92 Å². The third kappa shape index (κ3) is 4.30. The second-order valence-corrected chi connectivity index (χ2v) is 6.36. The molecule has 0 saturated heterocycles. The highest BCUT2D eigenvalue weighted by Gasteiger charge is 2.33. The molecular formula is C19H22ClNO4. The molecule has 1 N–H and O–H groups in total. The molecule has 25 heavy (non-hydrogen) atoms. The zero-order chi connectivity index (χ0) is 18.6. The molecule has 2 rings (SSSR count). The standard InChI is InChI=1S/C19H22ClNO4/c1-11-16(10-24-3)18(19(23)25-4)15(9-17(11)21-12(2)22)13-5-7-14(20)8-6-13/h5-9,11,17H,10H2,1-4H3,(H,21,22)/t11-,17+/m1/s1. The number of ether oxygens (including phenoxy) is 2. The molecule has 0 bridgehead atoms. The summed E-state index contributed by atoms with van der Waals surface area (Å²) in [6.45, 7) is 3.69. The van der Waals surface area contributed by atoms with Crippen LogP contribution in [-0.4, -0.2) is 38.7 Å². The van der Waals surface area contributed by atoms with Crippen molar-refractivity contribution in [3.05, 3.63) is 52.1 Å². The van der Waals surface area contributed by atoms with Crippen molar-refractivity contribution >= 4 is 29.1 Å². The Labute approximate surface area is 152 Å². The minimum Gasteiger partial charge on any atom is -0.465 e. The molecule has 0 saturated carbocycles. The summed E-state index contributed by atoms with van der Waals surface area (Å²) in [6.07, 6.45) is 1.89. The molecule has 1 amide bonds. The van der Waals surface area contributed by atoms with Gasteiger partial charge in [-0.3, -0.25) is 4.79 Å². The van der Waals surface area contributed by atoms with Gasteiger partial charge in [0.05, 0.1) is 25.3 Å². The van der Waals surface area contributed by atoms with E-state index in [9.17, 15) is 9.59 Å². The Hall–Kier alpha value is -2.11. The first kappa shape index (κ1) is 19.2. The lowest BCUT2D eigenvalue weighted by molar-refractivity contribution is -0.135. The number of methoxy groups -OCH3 is 2. The average molecular weight is 364 g/mol. The molecular weight excluding hydrogens is 342 g/mol. The number of carbonyl (C=O) groups is 2. The number of nitrogens with one attached hydrogen (secondary N) is 1. The summed E-state index contributed by atoms with van der Waals surface area (Å²) in [6, 6.07) is 6.94. The van der Waals surface area contributed by atoms with Crippen molar-refractivity contribution in [1.82, 2.24) is 5.32 Å². The maximum Gasteiger partial charge on any atom is 0.338 e. The van der Waals surface area contributed by atoms with Gasteiger partial charge in [0.1, 0.15) is 0 Å². The van der Waals surface area contributed by atoms with E-state index in [0.717, 1.165) is 11.1 Å². The van der Waals surface area contributed by atoms with Gasteiger partial charge in [-0.2, -0.15) is 0 Å². The van der Waals surface area contributed by atoms with E-state index in [2.05, 4.69) is 5.32 Å². The molecule has 0 aliphatic heterocycles. The van der Waals surface area contributed by atoms with Crippen LogP contribution in [0.4, 0.5) is 0 Å². The molecule has 0 radical (unpaired) electrons. The van der Waals surface area contributed by atoms with Gasteiger partial charge in [-0.15, -0.1) is 0 Å². The molecule has 1 aromatic rings. The molecule has 0 spiro atoms. The van der Waals surface area contributed by atoms with Gasteiger partial charge < -0.3 is 14.8 Å². The lowest BCUT2D eigenvalue weighted by Crippen LogP contribution is -2.41. The van der Waals surface area contributed by atoms with Crippen molar-refractivity contribution in [2.24, 2.45) is 5.92 Å². The monoisotopic (exact) mass is 363 g/mol. The van der Waals surface area contributed by atoms with E-state index in [-0.39, 0.29) is 24.5 Å². The Morgan fingerprint density at radius 3 is 2.36 bits per heavy atom. The number of esters is 1. The third-order valence-electron chi connectivity index (χ3n) is 4.24. The first-order valence-electron chi connectivity index (χ1n) is 7.94. The molecule has 0 heterocycles. The lowest BCUT2D eigenvalue weighted by Gasteiger charge is -2.32. The van der Waals surface area contributed by atoms with Crippen LogP contribution in [0.15, 0.2) is 41.5 Å². The number of carbonyl (C=O) groups excluding carboxylic acids is 2. The van der Waals surface area contributed by atoms with Crippen LogP contribution < -0.4 is 5.32 Å². The van der Waals surface area contributed by atoms with Gasteiger partial charge in [-0.25, -0.2) is 4.79 Å². The zero-order valence-corrected chi connectivity index (χ0v) is 15.5. The van der Waals surface area contributed by atoms with Gasteiger partial charge in [0.25, 0.3) is 0 Å². The van der Waals surface area contributed by atoms with E-state index in [1.54, 1.807) is 19.2 Å². The molecule has 6 heteroatoms. The molecule has 0 fully saturated rings. The average Bonchev–Trinajstić information content (AvgIpc) is 2.58. The van der Waals surface area contributed by atoms with E-state index >= 15 is 0 Å². The van der Waals surface area contributed by atoms with Crippen LogP contribution in [0.1, 0.15) is 19.4 Å². The van der Waals surface area contributed by atoms with E-state index in [1.165, 1.54) is 14.0 Å². The van der Waals surface area contributed by atoms with Crippen molar-refractivity contribution in [1.29, 1.82) is 0 Å². The van der Waals surface area contributed by atoms with Crippen LogP contribution in [0.2, 0.25) is 5.02 Å². The van der Waals surface area contributed by atoms with Gasteiger partial charge in [0, 0.05) is 25.0 Å². The largest absolute Gasteiger partial charge is 0.465 e. The van der Waals surface area contributed by atoms with Crippen molar-refractivity contribution in [2.45, 2.75) is 19.9 Å². The highest BCUT2D eigenvalue weighted by atomic mass is 35.5. The fourth-order valence-electron chi connectivity index (χ4n) is 3.00. The molecule has 5 nitrogen and oxygen atoms in total. The lowest BCUT2D eigenvalue weighted by atomic mass is 9.78. The third-order valence-corrected chi connectivity index (χ3v) is 4.49. The Morgan fingerprint density at radius 2 is 1.84 bits per heavy atom.